The van der Waals surface area contributed by atoms with Crippen LogP contribution in [-0.4, -0.2) is 19.6 Å². The number of aryl methyl sites for hydroxylation is 1. The predicted molar refractivity (Wildman–Crippen MR) is 263 cm³/mol. The van der Waals surface area contributed by atoms with Gasteiger partial charge < -0.3 is 5.11 Å². The Bertz CT molecular complexity index is 2980. The summed E-state index contributed by atoms with van der Waals surface area (Å²) in [6.45, 7) is 25.9. The first kappa shape index (κ1) is 41.1. The van der Waals surface area contributed by atoms with E-state index in [1.165, 1.54) is 11.1 Å². The summed E-state index contributed by atoms with van der Waals surface area (Å²) >= 11 is 0. The Morgan fingerprint density at radius 3 is 1.87 bits per heavy atom. The lowest BCUT2D eigenvalue weighted by atomic mass is 9.83. The van der Waals surface area contributed by atoms with Crippen LogP contribution in [0.5, 0.6) is 5.75 Å². The summed E-state index contributed by atoms with van der Waals surface area (Å²) in [5.41, 5.74) is 16.7. The first-order valence-electron chi connectivity index (χ1n) is 22.4. The zero-order chi connectivity index (χ0) is 45.2. The molecule has 0 aliphatic carbocycles. The van der Waals surface area contributed by atoms with E-state index >= 15 is 0 Å². The zero-order valence-corrected chi connectivity index (χ0v) is 38.6. The average molecular weight is 817 g/mol. The fourth-order valence-electron chi connectivity index (χ4n) is 8.33. The van der Waals surface area contributed by atoms with E-state index < -0.39 is 5.89 Å². The van der Waals surface area contributed by atoms with Gasteiger partial charge in [0.05, 0.1) is 28.0 Å². The van der Waals surface area contributed by atoms with Crippen molar-refractivity contribution >= 4 is 11.0 Å². The number of phenols is 1. The minimum atomic E-state index is -0.813. The van der Waals surface area contributed by atoms with Crippen LogP contribution in [0, 0.1) is 6.92 Å². The lowest BCUT2D eigenvalue weighted by Crippen LogP contribution is -2.12. The third-order valence-corrected chi connectivity index (χ3v) is 12.2. The Labute approximate surface area is 370 Å². The Morgan fingerprint density at radius 2 is 1.21 bits per heavy atom. The molecule has 0 amide bonds. The smallest absolute Gasteiger partial charge is 0.149 e. The van der Waals surface area contributed by atoms with Gasteiger partial charge in [-0.1, -0.05) is 161 Å². The third kappa shape index (κ3) is 8.23. The Balaban J connectivity index is 1.40. The molecular weight excluding hydrogens is 755 g/mol. The fraction of sp³-hybridized carbons (Fsp3) is 0.276. The van der Waals surface area contributed by atoms with Gasteiger partial charge in [0.25, 0.3) is 0 Å². The van der Waals surface area contributed by atoms with Crippen molar-refractivity contribution in [3.05, 3.63) is 167 Å². The number of phenolic OH excluding ortho intramolecular Hbond substituents is 1. The number of para-hydroxylation sites is 1. The van der Waals surface area contributed by atoms with E-state index in [0.717, 1.165) is 78.0 Å². The predicted octanol–water partition coefficient (Wildman–Crippen LogP) is 15.8. The molecule has 0 bridgehead atoms. The summed E-state index contributed by atoms with van der Waals surface area (Å²) in [5, 5.41) is 12.0. The van der Waals surface area contributed by atoms with E-state index in [-0.39, 0.29) is 22.0 Å². The molecule has 1 N–H and O–H groups in total. The molecule has 4 heteroatoms. The average Bonchev–Trinajstić information content (AvgIpc) is 3.62. The van der Waals surface area contributed by atoms with E-state index in [0.29, 0.717) is 11.4 Å². The van der Waals surface area contributed by atoms with E-state index in [1.54, 1.807) is 0 Å². The fourth-order valence-corrected chi connectivity index (χ4v) is 8.33. The molecule has 0 spiro atoms. The highest BCUT2D eigenvalue weighted by Crippen LogP contribution is 2.44. The molecule has 6 aromatic carbocycles. The number of fused-ring (bicyclic) bond motifs is 1. The summed E-state index contributed by atoms with van der Waals surface area (Å²) in [5.74, 6) is 0.0487. The molecule has 8 rings (SSSR count). The molecule has 8 aromatic rings. The monoisotopic (exact) mass is 816 g/mol. The lowest BCUT2D eigenvalue weighted by molar-refractivity contribution is 0.471. The summed E-state index contributed by atoms with van der Waals surface area (Å²) in [6, 6.07) is 47.3. The van der Waals surface area contributed by atoms with Gasteiger partial charge in [-0.05, 0) is 128 Å². The largest absolute Gasteiger partial charge is 0.507 e. The quantitative estimate of drug-likeness (QED) is 0.174. The molecule has 0 aliphatic heterocycles. The highest BCUT2D eigenvalue weighted by molar-refractivity contribution is 5.98. The lowest BCUT2D eigenvalue weighted by Gasteiger charge is -2.22. The van der Waals surface area contributed by atoms with E-state index in [1.807, 2.05) is 33.0 Å². The number of pyridine rings is 1. The molecule has 0 aliphatic rings. The summed E-state index contributed by atoms with van der Waals surface area (Å²) in [7, 11) is 0. The normalized spacial score (nSPS) is 12.8. The van der Waals surface area contributed by atoms with Crippen LogP contribution in [0.2, 0.25) is 0 Å². The maximum atomic E-state index is 12.0. The van der Waals surface area contributed by atoms with E-state index in [4.69, 9.17) is 11.3 Å². The molecular formula is C58H61N3O. The van der Waals surface area contributed by atoms with Crippen molar-refractivity contribution in [3.8, 4) is 67.5 Å². The maximum Gasteiger partial charge on any atom is 0.149 e. The van der Waals surface area contributed by atoms with Crippen molar-refractivity contribution in [3.63, 3.8) is 0 Å². The van der Waals surface area contributed by atoms with Crippen molar-refractivity contribution in [1.29, 1.82) is 0 Å². The Kier molecular flexibility index (Phi) is 10.5. The first-order valence-corrected chi connectivity index (χ1v) is 21.9. The summed E-state index contributed by atoms with van der Waals surface area (Å²) in [6.07, 6.45) is 1.91. The minimum absolute atomic E-state index is 0.0786. The SMILES string of the molecule is [2H]C(C)(C)c1ccc(-n2c(-c3cc(C(C)(C)C)cc(C)c3O)nc3c(-c4cc(-c5cc(-c6ccc(C(C)(C)C)cc6)ccn5)cc(C(C)(C)C)c4)cccc32)c(-c2ccccc2)c1. The van der Waals surface area contributed by atoms with E-state index in [9.17, 15) is 5.11 Å². The van der Waals surface area contributed by atoms with Crippen LogP contribution in [0.3, 0.4) is 0 Å². The molecule has 314 valence electrons. The van der Waals surface area contributed by atoms with Gasteiger partial charge >= 0.3 is 0 Å². The van der Waals surface area contributed by atoms with Gasteiger partial charge in [0.2, 0.25) is 0 Å². The minimum Gasteiger partial charge on any atom is -0.507 e. The van der Waals surface area contributed by atoms with Gasteiger partial charge in [-0.3, -0.25) is 9.55 Å². The van der Waals surface area contributed by atoms with E-state index in [2.05, 4.69) is 194 Å². The van der Waals surface area contributed by atoms with Gasteiger partial charge in [-0.25, -0.2) is 4.98 Å². The van der Waals surface area contributed by atoms with Crippen LogP contribution in [0.1, 0.15) is 111 Å². The van der Waals surface area contributed by atoms with Crippen molar-refractivity contribution in [1.82, 2.24) is 14.5 Å². The zero-order valence-electron chi connectivity index (χ0n) is 39.6. The second-order valence-electron chi connectivity index (χ2n) is 20.3. The van der Waals surface area contributed by atoms with Crippen molar-refractivity contribution < 1.29 is 6.48 Å². The highest BCUT2D eigenvalue weighted by atomic mass is 16.3. The standard InChI is InChI=1S/C58H61N3O/c1-36(2)40-23-26-51(48(33-40)39-17-14-13-15-18-39)61-52-20-16-19-47(53(52)60-55(61)49-35-45(57(7,8)9)29-37(3)54(49)62)42-30-43(32-46(31-42)58(10,11)12)50-34-41(27-28-59-50)38-21-24-44(25-22-38)56(4,5)6/h13-36,62H,1-12H3/i36D. The van der Waals surface area contributed by atoms with Crippen molar-refractivity contribution in [2.45, 2.75) is 105 Å². The highest BCUT2D eigenvalue weighted by Gasteiger charge is 2.26. The van der Waals surface area contributed by atoms with Crippen LogP contribution in [-0.2, 0) is 16.2 Å². The van der Waals surface area contributed by atoms with Gasteiger partial charge in [0.1, 0.15) is 11.6 Å². The van der Waals surface area contributed by atoms with Crippen LogP contribution in [0.15, 0.2) is 140 Å². The van der Waals surface area contributed by atoms with Crippen LogP contribution in [0.4, 0.5) is 0 Å². The molecule has 0 saturated carbocycles. The number of imidazole rings is 1. The van der Waals surface area contributed by atoms with Crippen LogP contribution >= 0.6 is 0 Å². The molecule has 0 fully saturated rings. The molecule has 2 heterocycles. The maximum absolute atomic E-state index is 12.0. The van der Waals surface area contributed by atoms with Gasteiger partial charge in [-0.2, -0.15) is 0 Å². The first-order chi connectivity index (χ1) is 29.6. The molecule has 0 radical (unpaired) electrons. The second-order valence-corrected chi connectivity index (χ2v) is 20.3. The van der Waals surface area contributed by atoms with Gasteiger partial charge in [0, 0.05) is 24.3 Å². The van der Waals surface area contributed by atoms with Crippen LogP contribution in [0.25, 0.3) is 72.7 Å². The summed E-state index contributed by atoms with van der Waals surface area (Å²) < 4.78 is 11.2. The van der Waals surface area contributed by atoms with Crippen molar-refractivity contribution in [2.75, 3.05) is 0 Å². The molecule has 0 unspecified atom stereocenters. The number of hydrogen-bond acceptors (Lipinski definition) is 3. The molecule has 62 heavy (non-hydrogen) atoms. The number of rotatable bonds is 7. The molecule has 4 nitrogen and oxygen atoms in total. The Morgan fingerprint density at radius 1 is 0.548 bits per heavy atom. The van der Waals surface area contributed by atoms with Crippen molar-refractivity contribution in [2.24, 2.45) is 0 Å². The second kappa shape index (κ2) is 15.9. The number of benzene rings is 6. The summed E-state index contributed by atoms with van der Waals surface area (Å²) in [4.78, 5) is 10.5. The van der Waals surface area contributed by atoms with Crippen LogP contribution < -0.4 is 0 Å². The van der Waals surface area contributed by atoms with Gasteiger partial charge in [-0.15, -0.1) is 0 Å². The number of aromatic hydroxyl groups is 1. The molecule has 2 aromatic heterocycles. The number of aromatic nitrogens is 3. The topological polar surface area (TPSA) is 50.9 Å². The van der Waals surface area contributed by atoms with Gasteiger partial charge in [0.15, 0.2) is 0 Å². The molecule has 0 saturated heterocycles. The third-order valence-electron chi connectivity index (χ3n) is 12.2. The Hall–Kier alpha value is -6.26. The number of hydrogen-bond donors (Lipinski definition) is 1. The molecule has 0 atom stereocenters. The number of nitrogens with zero attached hydrogens (tertiary/aromatic N) is 3.